The highest BCUT2D eigenvalue weighted by molar-refractivity contribution is 5.89. The number of anilines is 1. The molecule has 0 aliphatic carbocycles. The lowest BCUT2D eigenvalue weighted by Crippen LogP contribution is -2.01. The summed E-state index contributed by atoms with van der Waals surface area (Å²) in [5.41, 5.74) is 11.0. The molecule has 0 saturated carbocycles. The molecule has 4 aromatic rings. The second-order valence-electron chi connectivity index (χ2n) is 5.12. The first kappa shape index (κ1) is 13.3. The van der Waals surface area contributed by atoms with Gasteiger partial charge in [-0.05, 0) is 0 Å². The highest BCUT2D eigenvalue weighted by atomic mass is 15.1. The molecule has 5 heteroatoms. The van der Waals surface area contributed by atoms with Crippen molar-refractivity contribution >= 4 is 16.9 Å². The quantitative estimate of drug-likeness (QED) is 0.614. The lowest BCUT2D eigenvalue weighted by Gasteiger charge is -2.10. The van der Waals surface area contributed by atoms with E-state index in [0.29, 0.717) is 16.9 Å². The van der Waals surface area contributed by atoms with Crippen molar-refractivity contribution in [1.82, 2.24) is 20.2 Å². The maximum absolute atomic E-state index is 5.99. The molecule has 2 aromatic carbocycles. The predicted molar refractivity (Wildman–Crippen MR) is 90.4 cm³/mol. The average molecular weight is 299 g/mol. The molecule has 0 amide bonds. The van der Waals surface area contributed by atoms with Crippen molar-refractivity contribution in [2.45, 2.75) is 0 Å². The van der Waals surface area contributed by atoms with Crippen molar-refractivity contribution in [3.63, 3.8) is 0 Å². The second-order valence-corrected chi connectivity index (χ2v) is 5.12. The molecule has 0 saturated heterocycles. The van der Waals surface area contributed by atoms with E-state index in [1.807, 2.05) is 60.7 Å². The van der Waals surface area contributed by atoms with Gasteiger partial charge >= 0.3 is 0 Å². The first-order valence-electron chi connectivity index (χ1n) is 7.22. The molecule has 0 fully saturated rings. The van der Waals surface area contributed by atoms with Gasteiger partial charge in [0.2, 0.25) is 5.65 Å². The van der Waals surface area contributed by atoms with E-state index in [0.717, 1.165) is 22.5 Å². The van der Waals surface area contributed by atoms with Crippen LogP contribution in [-0.2, 0) is 0 Å². The number of aromatic nitrogens is 4. The number of fused-ring (bicyclic) bond motifs is 1. The van der Waals surface area contributed by atoms with Crippen LogP contribution in [0.2, 0.25) is 0 Å². The number of hydrogen-bond donors (Lipinski definition) is 1. The van der Waals surface area contributed by atoms with E-state index in [1.165, 1.54) is 6.20 Å². The van der Waals surface area contributed by atoms with Crippen LogP contribution in [0, 0.1) is 0 Å². The van der Waals surface area contributed by atoms with Gasteiger partial charge in [-0.25, -0.2) is 9.97 Å². The Bertz CT molecular complexity index is 968. The minimum atomic E-state index is 0.448. The molecule has 23 heavy (non-hydrogen) atoms. The van der Waals surface area contributed by atoms with Gasteiger partial charge in [-0.2, -0.15) is 5.10 Å². The van der Waals surface area contributed by atoms with Gasteiger partial charge in [0.25, 0.3) is 0 Å². The minimum Gasteiger partial charge on any atom is -0.396 e. The summed E-state index contributed by atoms with van der Waals surface area (Å²) in [5.74, 6) is 0. The van der Waals surface area contributed by atoms with Crippen molar-refractivity contribution in [3.05, 3.63) is 66.9 Å². The van der Waals surface area contributed by atoms with Crippen LogP contribution in [0.4, 0.5) is 5.69 Å². The lowest BCUT2D eigenvalue weighted by atomic mass is 10.0. The highest BCUT2D eigenvalue weighted by Gasteiger charge is 2.14. The summed E-state index contributed by atoms with van der Waals surface area (Å²) in [6.07, 6.45) is 1.49. The fraction of sp³-hybridized carbons (Fsp3) is 0. The maximum atomic E-state index is 5.99. The van der Waals surface area contributed by atoms with Gasteiger partial charge in [-0.15, -0.1) is 5.10 Å². The van der Waals surface area contributed by atoms with Crippen LogP contribution >= 0.6 is 0 Å². The van der Waals surface area contributed by atoms with Gasteiger partial charge in [0.1, 0.15) is 5.52 Å². The third-order valence-corrected chi connectivity index (χ3v) is 3.59. The Kier molecular flexibility index (Phi) is 3.16. The largest absolute Gasteiger partial charge is 0.396 e. The van der Waals surface area contributed by atoms with Crippen LogP contribution in [0.3, 0.4) is 0 Å². The number of hydrogen-bond acceptors (Lipinski definition) is 5. The molecule has 0 radical (unpaired) electrons. The summed E-state index contributed by atoms with van der Waals surface area (Å²) in [6.45, 7) is 0. The smallest absolute Gasteiger partial charge is 0.203 e. The summed E-state index contributed by atoms with van der Waals surface area (Å²) in [7, 11) is 0. The van der Waals surface area contributed by atoms with E-state index < -0.39 is 0 Å². The summed E-state index contributed by atoms with van der Waals surface area (Å²) in [6, 6.07) is 19.9. The Labute approximate surface area is 132 Å². The van der Waals surface area contributed by atoms with Crippen LogP contribution in [-0.4, -0.2) is 20.2 Å². The molecule has 110 valence electrons. The Morgan fingerprint density at radius 1 is 0.696 bits per heavy atom. The standard InChI is InChI=1S/C18H13N5/c19-14-11-20-23-18-17(14)21-15(12-7-3-1-4-8-12)16(22-18)13-9-5-2-6-10-13/h1-11H,(H2,19,22,23). The van der Waals surface area contributed by atoms with E-state index in [2.05, 4.69) is 15.2 Å². The molecule has 0 aliphatic heterocycles. The summed E-state index contributed by atoms with van der Waals surface area (Å²) in [4.78, 5) is 9.40. The van der Waals surface area contributed by atoms with Crippen molar-refractivity contribution in [1.29, 1.82) is 0 Å². The summed E-state index contributed by atoms with van der Waals surface area (Å²) >= 11 is 0. The van der Waals surface area contributed by atoms with Gasteiger partial charge in [-0.1, -0.05) is 60.7 Å². The molecule has 5 nitrogen and oxygen atoms in total. The molecule has 2 heterocycles. The Hall–Kier alpha value is -3.34. The zero-order valence-corrected chi connectivity index (χ0v) is 12.2. The maximum Gasteiger partial charge on any atom is 0.203 e. The van der Waals surface area contributed by atoms with Gasteiger partial charge < -0.3 is 5.73 Å². The lowest BCUT2D eigenvalue weighted by molar-refractivity contribution is 1.04. The number of rotatable bonds is 2. The first-order valence-corrected chi connectivity index (χ1v) is 7.22. The second kappa shape index (κ2) is 5.46. The molecule has 0 unspecified atom stereocenters. The van der Waals surface area contributed by atoms with Crippen LogP contribution in [0.5, 0.6) is 0 Å². The van der Waals surface area contributed by atoms with Crippen LogP contribution in [0.25, 0.3) is 33.7 Å². The van der Waals surface area contributed by atoms with Crippen LogP contribution < -0.4 is 5.73 Å². The Morgan fingerprint density at radius 3 is 1.87 bits per heavy atom. The molecule has 4 rings (SSSR count). The van der Waals surface area contributed by atoms with E-state index >= 15 is 0 Å². The number of nitrogen functional groups attached to an aromatic ring is 1. The monoisotopic (exact) mass is 299 g/mol. The zero-order chi connectivity index (χ0) is 15.6. The zero-order valence-electron chi connectivity index (χ0n) is 12.2. The fourth-order valence-corrected chi connectivity index (χ4v) is 2.49. The van der Waals surface area contributed by atoms with Crippen LogP contribution in [0.15, 0.2) is 66.9 Å². The van der Waals surface area contributed by atoms with E-state index in [1.54, 1.807) is 0 Å². The van der Waals surface area contributed by atoms with Gasteiger partial charge in [0.05, 0.1) is 23.3 Å². The number of nitrogens with zero attached hydrogens (tertiary/aromatic N) is 4. The van der Waals surface area contributed by atoms with Gasteiger partial charge in [0.15, 0.2) is 0 Å². The molecule has 0 aliphatic rings. The molecular formula is C18H13N5. The van der Waals surface area contributed by atoms with Crippen molar-refractivity contribution < 1.29 is 0 Å². The number of nitrogens with two attached hydrogens (primary N) is 1. The average Bonchev–Trinajstić information content (AvgIpc) is 2.63. The molecule has 0 spiro atoms. The fourth-order valence-electron chi connectivity index (χ4n) is 2.49. The third kappa shape index (κ3) is 2.38. The first-order chi connectivity index (χ1) is 11.3. The predicted octanol–water partition coefficient (Wildman–Crippen LogP) is 3.34. The molecular weight excluding hydrogens is 286 g/mol. The molecule has 2 N–H and O–H groups in total. The van der Waals surface area contributed by atoms with E-state index in [4.69, 9.17) is 10.7 Å². The summed E-state index contributed by atoms with van der Waals surface area (Å²) in [5, 5.41) is 7.93. The topological polar surface area (TPSA) is 77.6 Å². The Morgan fingerprint density at radius 2 is 1.26 bits per heavy atom. The third-order valence-electron chi connectivity index (χ3n) is 3.59. The normalized spacial score (nSPS) is 10.8. The van der Waals surface area contributed by atoms with E-state index in [9.17, 15) is 0 Å². The SMILES string of the molecule is Nc1cnnc2nc(-c3ccccc3)c(-c3ccccc3)nc12. The molecule has 0 atom stereocenters. The summed E-state index contributed by atoms with van der Waals surface area (Å²) < 4.78 is 0. The molecule has 0 bridgehead atoms. The van der Waals surface area contributed by atoms with Crippen molar-refractivity contribution in [2.75, 3.05) is 5.73 Å². The molecule has 2 aromatic heterocycles. The highest BCUT2D eigenvalue weighted by Crippen LogP contribution is 2.31. The van der Waals surface area contributed by atoms with E-state index in [-0.39, 0.29) is 0 Å². The van der Waals surface area contributed by atoms with Crippen LogP contribution in [0.1, 0.15) is 0 Å². The van der Waals surface area contributed by atoms with Gasteiger partial charge in [0, 0.05) is 11.1 Å². The van der Waals surface area contributed by atoms with Gasteiger partial charge in [-0.3, -0.25) is 0 Å². The van der Waals surface area contributed by atoms with Crippen molar-refractivity contribution in [2.24, 2.45) is 0 Å². The minimum absolute atomic E-state index is 0.448. The number of benzene rings is 2. The Balaban J connectivity index is 2.07. The van der Waals surface area contributed by atoms with Crippen molar-refractivity contribution in [3.8, 4) is 22.5 Å².